The Morgan fingerprint density at radius 2 is 1.91 bits per heavy atom. The molecular formula is C27H32N4O4. The van der Waals surface area contributed by atoms with Crippen LogP contribution in [0.4, 0.5) is 5.69 Å². The van der Waals surface area contributed by atoms with Gasteiger partial charge in [0, 0.05) is 32.8 Å². The Morgan fingerprint density at radius 1 is 1.14 bits per heavy atom. The summed E-state index contributed by atoms with van der Waals surface area (Å²) < 4.78 is 5.60. The predicted octanol–water partition coefficient (Wildman–Crippen LogP) is 1.95. The first-order valence-corrected chi connectivity index (χ1v) is 12.3. The van der Waals surface area contributed by atoms with E-state index in [-0.39, 0.29) is 30.4 Å². The molecular weight excluding hydrogens is 444 g/mol. The van der Waals surface area contributed by atoms with Crippen LogP contribution in [0.15, 0.2) is 54.6 Å². The zero-order chi connectivity index (χ0) is 24.4. The summed E-state index contributed by atoms with van der Waals surface area (Å²) in [6.45, 7) is 4.67. The maximum atomic E-state index is 14.0. The van der Waals surface area contributed by atoms with Crippen LogP contribution in [0.1, 0.15) is 35.7 Å². The number of fused-ring (bicyclic) bond motifs is 2. The molecule has 2 aromatic rings. The lowest BCUT2D eigenvalue weighted by molar-refractivity contribution is -0.127. The maximum Gasteiger partial charge on any atom is 0.253 e. The maximum absolute atomic E-state index is 14.0. The number of anilines is 1. The van der Waals surface area contributed by atoms with Crippen LogP contribution in [0.2, 0.25) is 0 Å². The highest BCUT2D eigenvalue weighted by Crippen LogP contribution is 2.35. The van der Waals surface area contributed by atoms with Crippen molar-refractivity contribution in [3.63, 3.8) is 0 Å². The number of nitrogens with one attached hydrogen (secondary N) is 2. The molecule has 8 heteroatoms. The molecule has 5 rings (SSSR count). The summed E-state index contributed by atoms with van der Waals surface area (Å²) in [6, 6.07) is 17.1. The number of benzene rings is 2. The largest absolute Gasteiger partial charge is 0.376 e. The molecule has 3 aliphatic heterocycles. The van der Waals surface area contributed by atoms with Gasteiger partial charge in [-0.3, -0.25) is 19.3 Å². The van der Waals surface area contributed by atoms with Crippen LogP contribution >= 0.6 is 0 Å². The standard InChI is InChI=1S/C27H32N4O4/c1-27-18-30(15-19-8-3-2-4-9-19)16-22(27)26(34)31(17-24(32)28-14-20-10-7-13-35-20)23-12-6-5-11-21(23)25(33)29-27/h2-6,8-9,11-12,20,22H,7,10,13-18H2,1H3,(H,28,32)(H,29,33)/t20-,22+,27+/m1/s1. The number of hydrogen-bond acceptors (Lipinski definition) is 5. The average molecular weight is 477 g/mol. The van der Waals surface area contributed by atoms with Crippen molar-refractivity contribution in [1.29, 1.82) is 0 Å². The number of carbonyl (C=O) groups is 3. The van der Waals surface area contributed by atoms with Crippen LogP contribution in [-0.4, -0.2) is 67.1 Å². The Morgan fingerprint density at radius 3 is 2.69 bits per heavy atom. The summed E-state index contributed by atoms with van der Waals surface area (Å²) in [5.41, 5.74) is 1.26. The summed E-state index contributed by atoms with van der Waals surface area (Å²) in [4.78, 5) is 43.9. The van der Waals surface area contributed by atoms with Crippen molar-refractivity contribution in [2.45, 2.75) is 38.0 Å². The van der Waals surface area contributed by atoms with Crippen LogP contribution in [-0.2, 0) is 20.9 Å². The Labute approximate surface area is 205 Å². The third kappa shape index (κ3) is 4.94. The quantitative estimate of drug-likeness (QED) is 0.665. The highest BCUT2D eigenvalue weighted by atomic mass is 16.5. The lowest BCUT2D eigenvalue weighted by Gasteiger charge is -2.37. The van der Waals surface area contributed by atoms with E-state index in [1.807, 2.05) is 25.1 Å². The third-order valence-electron chi connectivity index (χ3n) is 7.27. The second-order valence-electron chi connectivity index (χ2n) is 9.96. The Balaban J connectivity index is 1.40. The summed E-state index contributed by atoms with van der Waals surface area (Å²) in [7, 11) is 0. The van der Waals surface area contributed by atoms with E-state index >= 15 is 0 Å². The topological polar surface area (TPSA) is 91.0 Å². The molecule has 0 saturated carbocycles. The minimum absolute atomic E-state index is 0.0183. The van der Waals surface area contributed by atoms with Gasteiger partial charge >= 0.3 is 0 Å². The third-order valence-corrected chi connectivity index (χ3v) is 7.27. The van der Waals surface area contributed by atoms with E-state index in [1.54, 1.807) is 24.3 Å². The summed E-state index contributed by atoms with van der Waals surface area (Å²) in [5.74, 6) is -1.12. The van der Waals surface area contributed by atoms with Crippen LogP contribution < -0.4 is 15.5 Å². The van der Waals surface area contributed by atoms with Gasteiger partial charge in [0.1, 0.15) is 6.54 Å². The lowest BCUT2D eigenvalue weighted by Crippen LogP contribution is -2.59. The number of likely N-dealkylation sites (tertiary alicyclic amines) is 1. The number of rotatable bonds is 6. The molecule has 3 aliphatic rings. The second kappa shape index (κ2) is 9.79. The first-order valence-electron chi connectivity index (χ1n) is 12.3. The van der Waals surface area contributed by atoms with Crippen molar-refractivity contribution >= 4 is 23.4 Å². The van der Waals surface area contributed by atoms with Crippen molar-refractivity contribution in [3.8, 4) is 0 Å². The number of amides is 3. The van der Waals surface area contributed by atoms with Crippen molar-refractivity contribution in [2.24, 2.45) is 5.92 Å². The van der Waals surface area contributed by atoms with Crippen molar-refractivity contribution in [3.05, 3.63) is 65.7 Å². The van der Waals surface area contributed by atoms with Gasteiger partial charge in [0.05, 0.1) is 28.8 Å². The summed E-state index contributed by atoms with van der Waals surface area (Å²) >= 11 is 0. The van der Waals surface area contributed by atoms with Crippen LogP contribution in [0, 0.1) is 5.92 Å². The smallest absolute Gasteiger partial charge is 0.253 e. The van der Waals surface area contributed by atoms with Gasteiger partial charge in [0.2, 0.25) is 11.8 Å². The van der Waals surface area contributed by atoms with Gasteiger partial charge in [-0.05, 0) is 37.5 Å². The normalized spacial score (nSPS) is 26.5. The van der Waals surface area contributed by atoms with Gasteiger partial charge in [-0.25, -0.2) is 0 Å². The average Bonchev–Trinajstić information content (AvgIpc) is 3.48. The fourth-order valence-corrected chi connectivity index (χ4v) is 5.47. The van der Waals surface area contributed by atoms with Gasteiger partial charge in [-0.15, -0.1) is 0 Å². The second-order valence-corrected chi connectivity index (χ2v) is 9.96. The Kier molecular flexibility index (Phi) is 6.58. The minimum Gasteiger partial charge on any atom is -0.376 e. The number of carbonyl (C=O) groups excluding carboxylic acids is 3. The number of para-hydroxylation sites is 1. The SMILES string of the molecule is C[C@]12CN(Cc3ccccc3)C[C@H]1C(=O)N(CC(=O)NC[C@H]1CCCO1)c1ccccc1C(=O)N2. The molecule has 0 unspecified atom stereocenters. The van der Waals surface area contributed by atoms with E-state index in [2.05, 4.69) is 27.7 Å². The fraction of sp³-hybridized carbons (Fsp3) is 0.444. The molecule has 3 amide bonds. The summed E-state index contributed by atoms with van der Waals surface area (Å²) in [6.07, 6.45) is 1.93. The number of nitrogens with zero attached hydrogens (tertiary/aromatic N) is 2. The molecule has 0 radical (unpaired) electrons. The van der Waals surface area contributed by atoms with Gasteiger partial charge in [-0.1, -0.05) is 42.5 Å². The molecule has 0 aliphatic carbocycles. The monoisotopic (exact) mass is 476 g/mol. The van der Waals surface area contributed by atoms with Crippen LogP contribution in [0.3, 0.4) is 0 Å². The van der Waals surface area contributed by atoms with Crippen molar-refractivity contribution in [1.82, 2.24) is 15.5 Å². The molecule has 2 N–H and O–H groups in total. The highest BCUT2D eigenvalue weighted by Gasteiger charge is 2.51. The van der Waals surface area contributed by atoms with E-state index in [9.17, 15) is 14.4 Å². The van der Waals surface area contributed by atoms with Gasteiger partial charge in [0.15, 0.2) is 0 Å². The van der Waals surface area contributed by atoms with Crippen molar-refractivity contribution in [2.75, 3.05) is 37.7 Å². The van der Waals surface area contributed by atoms with E-state index in [1.165, 1.54) is 4.90 Å². The highest BCUT2D eigenvalue weighted by molar-refractivity contribution is 6.09. The fourth-order valence-electron chi connectivity index (χ4n) is 5.47. The zero-order valence-corrected chi connectivity index (χ0v) is 20.0. The molecule has 2 fully saturated rings. The van der Waals surface area contributed by atoms with Gasteiger partial charge < -0.3 is 20.3 Å². The molecule has 3 heterocycles. The molecule has 0 spiro atoms. The molecule has 2 saturated heterocycles. The van der Waals surface area contributed by atoms with Crippen LogP contribution in [0.25, 0.3) is 0 Å². The van der Waals surface area contributed by atoms with E-state index in [4.69, 9.17) is 4.74 Å². The van der Waals surface area contributed by atoms with Crippen molar-refractivity contribution < 1.29 is 19.1 Å². The Hall–Kier alpha value is -3.23. The van der Waals surface area contributed by atoms with Gasteiger partial charge in [0.25, 0.3) is 5.91 Å². The van der Waals surface area contributed by atoms with Crippen LogP contribution in [0.5, 0.6) is 0 Å². The molecule has 184 valence electrons. The number of ether oxygens (including phenoxy) is 1. The molecule has 0 bridgehead atoms. The molecule has 35 heavy (non-hydrogen) atoms. The zero-order valence-electron chi connectivity index (χ0n) is 20.0. The Bertz CT molecular complexity index is 1100. The molecule has 0 aromatic heterocycles. The van der Waals surface area contributed by atoms with E-state index in [0.717, 1.165) is 18.4 Å². The van der Waals surface area contributed by atoms with Gasteiger partial charge in [-0.2, -0.15) is 0 Å². The molecule has 3 atom stereocenters. The number of hydrogen-bond donors (Lipinski definition) is 2. The predicted molar refractivity (Wildman–Crippen MR) is 132 cm³/mol. The summed E-state index contributed by atoms with van der Waals surface area (Å²) in [5, 5.41) is 6.06. The minimum atomic E-state index is -0.747. The molecule has 8 nitrogen and oxygen atoms in total. The first-order chi connectivity index (χ1) is 16.9. The van der Waals surface area contributed by atoms with E-state index < -0.39 is 11.5 Å². The van der Waals surface area contributed by atoms with E-state index in [0.29, 0.717) is 44.0 Å². The molecule has 2 aromatic carbocycles. The first kappa shape index (κ1) is 23.5. The lowest BCUT2D eigenvalue weighted by atomic mass is 9.86.